The van der Waals surface area contributed by atoms with E-state index in [9.17, 15) is 0 Å². The van der Waals surface area contributed by atoms with Crippen LogP contribution in [0, 0.1) is 6.92 Å². The summed E-state index contributed by atoms with van der Waals surface area (Å²) in [6, 6.07) is 4.54. The normalized spacial score (nSPS) is 16.8. The summed E-state index contributed by atoms with van der Waals surface area (Å²) in [6.45, 7) is 7.10. The van der Waals surface area contributed by atoms with Gasteiger partial charge in [-0.2, -0.15) is 5.10 Å². The van der Waals surface area contributed by atoms with Crippen LogP contribution < -0.4 is 5.32 Å². The Balaban J connectivity index is 1.45. The Morgan fingerprint density at radius 1 is 1.38 bits per heavy atom. The predicted octanol–water partition coefficient (Wildman–Crippen LogP) is 2.57. The predicted molar refractivity (Wildman–Crippen MR) is 93.8 cm³/mol. The van der Waals surface area contributed by atoms with Crippen molar-refractivity contribution in [3.8, 4) is 11.5 Å². The van der Waals surface area contributed by atoms with Crippen molar-refractivity contribution in [3.05, 3.63) is 29.7 Å². The average molecular weight is 332 g/mol. The number of furan rings is 1. The van der Waals surface area contributed by atoms with Gasteiger partial charge in [0.05, 0.1) is 6.20 Å². The molecule has 132 valence electrons. The van der Waals surface area contributed by atoms with E-state index in [-0.39, 0.29) is 0 Å². The van der Waals surface area contributed by atoms with Crippen LogP contribution in [0.15, 0.2) is 22.7 Å². The molecule has 3 rings (SSSR count). The van der Waals surface area contributed by atoms with Gasteiger partial charge in [0.1, 0.15) is 11.5 Å². The Morgan fingerprint density at radius 3 is 2.92 bits per heavy atom. The van der Waals surface area contributed by atoms with Gasteiger partial charge in [-0.1, -0.05) is 0 Å². The number of hydrogen-bond acceptors (Lipinski definition) is 5. The molecule has 0 aromatic carbocycles. The van der Waals surface area contributed by atoms with E-state index in [0.29, 0.717) is 6.04 Å². The first-order valence-corrected chi connectivity index (χ1v) is 8.80. The molecule has 1 aliphatic heterocycles. The molecule has 0 radical (unpaired) electrons. The lowest BCUT2D eigenvalue weighted by molar-refractivity contribution is 0.152. The molecule has 0 aliphatic carbocycles. The summed E-state index contributed by atoms with van der Waals surface area (Å²) >= 11 is 0. The van der Waals surface area contributed by atoms with Gasteiger partial charge in [-0.15, -0.1) is 0 Å². The summed E-state index contributed by atoms with van der Waals surface area (Å²) in [6.07, 6.45) is 5.40. The number of aryl methyl sites for hydroxylation is 1. The molecule has 2 aromatic rings. The molecule has 0 saturated carbocycles. The fourth-order valence-electron chi connectivity index (χ4n) is 3.27. The zero-order chi connectivity index (χ0) is 16.8. The van der Waals surface area contributed by atoms with Crippen molar-refractivity contribution in [1.82, 2.24) is 20.4 Å². The lowest BCUT2D eigenvalue weighted by Crippen LogP contribution is -2.42. The maximum absolute atomic E-state index is 5.71. The van der Waals surface area contributed by atoms with Crippen LogP contribution in [0.5, 0.6) is 0 Å². The van der Waals surface area contributed by atoms with E-state index in [0.717, 1.165) is 62.0 Å². The van der Waals surface area contributed by atoms with Crippen molar-refractivity contribution >= 4 is 0 Å². The molecule has 1 aliphatic rings. The van der Waals surface area contributed by atoms with Crippen LogP contribution in [0.3, 0.4) is 0 Å². The van der Waals surface area contributed by atoms with Crippen molar-refractivity contribution < 1.29 is 9.15 Å². The van der Waals surface area contributed by atoms with Crippen molar-refractivity contribution in [2.24, 2.45) is 0 Å². The number of ether oxygens (including phenoxy) is 1. The van der Waals surface area contributed by atoms with E-state index in [4.69, 9.17) is 9.15 Å². The summed E-state index contributed by atoms with van der Waals surface area (Å²) in [5.74, 6) is 1.77. The number of piperidine rings is 1. The molecule has 0 spiro atoms. The van der Waals surface area contributed by atoms with Crippen LogP contribution in [0.1, 0.15) is 30.6 Å². The van der Waals surface area contributed by atoms with Crippen LogP contribution in [0.4, 0.5) is 0 Å². The van der Waals surface area contributed by atoms with Crippen LogP contribution in [0.25, 0.3) is 11.5 Å². The first-order chi connectivity index (χ1) is 11.8. The highest BCUT2D eigenvalue weighted by atomic mass is 16.5. The summed E-state index contributed by atoms with van der Waals surface area (Å²) in [5, 5.41) is 10.9. The molecule has 3 heterocycles. The molecule has 1 saturated heterocycles. The molecular weight excluding hydrogens is 304 g/mol. The zero-order valence-corrected chi connectivity index (χ0v) is 14.7. The molecule has 1 fully saturated rings. The SMILES string of the molecule is COCCCN1CCC(NCc2cn[nH]c2-c2ccc(C)o2)CC1. The summed E-state index contributed by atoms with van der Waals surface area (Å²) in [5.41, 5.74) is 2.14. The van der Waals surface area contributed by atoms with E-state index in [2.05, 4.69) is 20.4 Å². The van der Waals surface area contributed by atoms with Crippen molar-refractivity contribution in [2.45, 2.75) is 38.8 Å². The topological polar surface area (TPSA) is 66.3 Å². The smallest absolute Gasteiger partial charge is 0.152 e. The van der Waals surface area contributed by atoms with E-state index >= 15 is 0 Å². The Kier molecular flexibility index (Phi) is 6.07. The van der Waals surface area contributed by atoms with E-state index < -0.39 is 0 Å². The standard InChI is InChI=1S/C18H28N4O2/c1-14-4-5-17(24-14)18-15(13-20-21-18)12-19-16-6-9-22(10-7-16)8-3-11-23-2/h4-5,13,16,19H,3,6-12H2,1-2H3,(H,20,21). The first-order valence-electron chi connectivity index (χ1n) is 8.80. The van der Waals surface area contributed by atoms with Crippen LogP contribution >= 0.6 is 0 Å². The highest BCUT2D eigenvalue weighted by molar-refractivity contribution is 5.56. The van der Waals surface area contributed by atoms with Crippen molar-refractivity contribution in [1.29, 1.82) is 0 Å². The number of methoxy groups -OCH3 is 1. The number of rotatable bonds is 8. The lowest BCUT2D eigenvalue weighted by Gasteiger charge is -2.32. The van der Waals surface area contributed by atoms with Gasteiger partial charge in [-0.25, -0.2) is 0 Å². The van der Waals surface area contributed by atoms with Crippen LogP contribution in [-0.2, 0) is 11.3 Å². The molecule has 6 heteroatoms. The molecule has 2 aromatic heterocycles. The molecule has 0 atom stereocenters. The van der Waals surface area contributed by atoms with Crippen LogP contribution in [-0.4, -0.2) is 54.5 Å². The fraction of sp³-hybridized carbons (Fsp3) is 0.611. The first kappa shape index (κ1) is 17.2. The lowest BCUT2D eigenvalue weighted by atomic mass is 10.0. The second-order valence-corrected chi connectivity index (χ2v) is 6.52. The minimum absolute atomic E-state index is 0.574. The number of nitrogens with one attached hydrogen (secondary N) is 2. The van der Waals surface area contributed by atoms with Gasteiger partial charge in [0.25, 0.3) is 0 Å². The number of hydrogen-bond donors (Lipinski definition) is 2. The Labute approximate surface area is 143 Å². The largest absolute Gasteiger partial charge is 0.460 e. The third kappa shape index (κ3) is 4.47. The van der Waals surface area contributed by atoms with Gasteiger partial charge in [0.15, 0.2) is 5.76 Å². The minimum Gasteiger partial charge on any atom is -0.460 e. The van der Waals surface area contributed by atoms with Gasteiger partial charge in [0.2, 0.25) is 0 Å². The minimum atomic E-state index is 0.574. The van der Waals surface area contributed by atoms with Crippen molar-refractivity contribution in [3.63, 3.8) is 0 Å². The van der Waals surface area contributed by atoms with E-state index in [1.165, 1.54) is 12.8 Å². The second-order valence-electron chi connectivity index (χ2n) is 6.52. The number of H-pyrrole nitrogens is 1. The van der Waals surface area contributed by atoms with Crippen LogP contribution in [0.2, 0.25) is 0 Å². The van der Waals surface area contributed by atoms with Gasteiger partial charge in [-0.3, -0.25) is 5.10 Å². The van der Waals surface area contributed by atoms with Gasteiger partial charge in [0, 0.05) is 38.4 Å². The maximum atomic E-state index is 5.71. The van der Waals surface area contributed by atoms with E-state index in [1.54, 1.807) is 7.11 Å². The highest BCUT2D eigenvalue weighted by Gasteiger charge is 2.19. The number of likely N-dealkylation sites (tertiary alicyclic amines) is 1. The Hall–Kier alpha value is -1.63. The Bertz CT molecular complexity index is 614. The van der Waals surface area contributed by atoms with E-state index in [1.807, 2.05) is 25.3 Å². The molecule has 0 bridgehead atoms. The molecular formula is C18H28N4O2. The van der Waals surface area contributed by atoms with Gasteiger partial charge in [-0.05, 0) is 51.4 Å². The molecule has 6 nitrogen and oxygen atoms in total. The molecule has 0 unspecified atom stereocenters. The number of nitrogens with zero attached hydrogens (tertiary/aromatic N) is 2. The average Bonchev–Trinajstić information content (AvgIpc) is 3.23. The third-order valence-corrected chi connectivity index (χ3v) is 4.70. The van der Waals surface area contributed by atoms with Crippen molar-refractivity contribution in [2.75, 3.05) is 33.4 Å². The summed E-state index contributed by atoms with van der Waals surface area (Å²) < 4.78 is 10.8. The number of aromatic nitrogens is 2. The second kappa shape index (κ2) is 8.46. The molecule has 0 amide bonds. The molecule has 24 heavy (non-hydrogen) atoms. The Morgan fingerprint density at radius 2 is 2.21 bits per heavy atom. The summed E-state index contributed by atoms with van der Waals surface area (Å²) in [4.78, 5) is 2.53. The van der Waals surface area contributed by atoms with Gasteiger partial charge >= 0.3 is 0 Å². The summed E-state index contributed by atoms with van der Waals surface area (Å²) in [7, 11) is 1.77. The van der Waals surface area contributed by atoms with Gasteiger partial charge < -0.3 is 19.4 Å². The fourth-order valence-corrected chi connectivity index (χ4v) is 3.27. The molecule has 2 N–H and O–H groups in total. The third-order valence-electron chi connectivity index (χ3n) is 4.70. The monoisotopic (exact) mass is 332 g/mol. The highest BCUT2D eigenvalue weighted by Crippen LogP contribution is 2.23. The quantitative estimate of drug-likeness (QED) is 0.727. The zero-order valence-electron chi connectivity index (χ0n) is 14.7. The maximum Gasteiger partial charge on any atom is 0.152 e. The number of aromatic amines is 1.